The number of anilines is 1. The first kappa shape index (κ1) is 17.7. The molecule has 2 aromatic carbocycles. The minimum absolute atomic E-state index is 0.128. The molecule has 1 amide bonds. The number of nitrogens with one attached hydrogen (secondary N) is 1. The Bertz CT molecular complexity index is 765. The minimum atomic E-state index is -0.890. The highest BCUT2D eigenvalue weighted by Crippen LogP contribution is 2.28. The Labute approximate surface area is 142 Å². The lowest BCUT2D eigenvalue weighted by molar-refractivity contribution is -0.138. The Morgan fingerprint density at radius 2 is 1.75 bits per heavy atom. The summed E-state index contributed by atoms with van der Waals surface area (Å²) in [5.41, 5.74) is 2.60. The van der Waals surface area contributed by atoms with Crippen LogP contribution in [0.4, 0.5) is 5.69 Å². The number of carboxylic acid groups (broad SMARTS) is 1. The molecular weight excluding hydrogens is 302 g/mol. The van der Waals surface area contributed by atoms with Crippen molar-refractivity contribution in [3.8, 4) is 0 Å². The van der Waals surface area contributed by atoms with Crippen LogP contribution < -0.4 is 5.32 Å². The van der Waals surface area contributed by atoms with Crippen LogP contribution in [0.2, 0.25) is 0 Å². The van der Waals surface area contributed by atoms with Crippen LogP contribution >= 0.6 is 0 Å². The lowest BCUT2D eigenvalue weighted by atomic mass is 9.81. The van der Waals surface area contributed by atoms with Crippen molar-refractivity contribution in [1.29, 1.82) is 0 Å². The zero-order valence-electron chi connectivity index (χ0n) is 14.5. The predicted octanol–water partition coefficient (Wildman–Crippen LogP) is 4.10. The van der Waals surface area contributed by atoms with E-state index in [1.807, 2.05) is 45.0 Å². The Morgan fingerprint density at radius 1 is 1.08 bits per heavy atom. The predicted molar refractivity (Wildman–Crippen MR) is 95.3 cm³/mol. The molecule has 0 bridgehead atoms. The molecule has 1 unspecified atom stereocenters. The molecule has 2 rings (SSSR count). The van der Waals surface area contributed by atoms with Gasteiger partial charge in [-0.1, -0.05) is 36.4 Å². The van der Waals surface area contributed by atoms with E-state index < -0.39 is 17.3 Å². The zero-order chi connectivity index (χ0) is 17.9. The average Bonchev–Trinajstić information content (AvgIpc) is 2.54. The smallest absolute Gasteiger partial charge is 0.310 e. The second-order valence-corrected chi connectivity index (χ2v) is 6.58. The van der Waals surface area contributed by atoms with Gasteiger partial charge in [0.05, 0.1) is 11.3 Å². The van der Waals surface area contributed by atoms with Crippen molar-refractivity contribution in [2.45, 2.75) is 39.0 Å². The fraction of sp³-hybridized carbons (Fsp3) is 0.300. The van der Waals surface area contributed by atoms with Crippen LogP contribution in [0.15, 0.2) is 48.5 Å². The van der Waals surface area contributed by atoms with Crippen molar-refractivity contribution in [3.05, 3.63) is 65.2 Å². The van der Waals surface area contributed by atoms with Crippen LogP contribution in [0.1, 0.15) is 43.4 Å². The van der Waals surface area contributed by atoms with Crippen molar-refractivity contribution >= 4 is 17.6 Å². The number of aryl methyl sites for hydroxylation is 1. The fourth-order valence-corrected chi connectivity index (χ4v) is 2.71. The van der Waals surface area contributed by atoms with E-state index in [-0.39, 0.29) is 5.91 Å². The highest BCUT2D eigenvalue weighted by molar-refractivity contribution is 5.99. The van der Waals surface area contributed by atoms with Gasteiger partial charge >= 0.3 is 5.97 Å². The first-order valence-corrected chi connectivity index (χ1v) is 7.94. The van der Waals surface area contributed by atoms with E-state index in [4.69, 9.17) is 5.11 Å². The summed E-state index contributed by atoms with van der Waals surface area (Å²) in [5, 5.41) is 12.0. The molecule has 4 nitrogen and oxygen atoms in total. The van der Waals surface area contributed by atoms with Crippen molar-refractivity contribution in [2.75, 3.05) is 5.32 Å². The van der Waals surface area contributed by atoms with Crippen LogP contribution in [0.5, 0.6) is 0 Å². The summed E-state index contributed by atoms with van der Waals surface area (Å²) in [7, 11) is 0. The van der Waals surface area contributed by atoms with E-state index in [0.29, 0.717) is 11.3 Å². The largest absolute Gasteiger partial charge is 0.481 e. The molecule has 2 aromatic rings. The monoisotopic (exact) mass is 325 g/mol. The number of carbonyl (C=O) groups excluding carboxylic acids is 1. The van der Waals surface area contributed by atoms with Crippen molar-refractivity contribution in [1.82, 2.24) is 0 Å². The third-order valence-corrected chi connectivity index (χ3v) is 4.40. The Morgan fingerprint density at radius 3 is 2.38 bits per heavy atom. The van der Waals surface area contributed by atoms with E-state index >= 15 is 0 Å². The maximum absolute atomic E-state index is 12.8. The molecular formula is C20H23NO3. The molecule has 24 heavy (non-hydrogen) atoms. The van der Waals surface area contributed by atoms with Gasteiger partial charge in [0.1, 0.15) is 0 Å². The number of aliphatic carboxylic acids is 1. The van der Waals surface area contributed by atoms with Gasteiger partial charge in [0.2, 0.25) is 5.91 Å². The first-order valence-electron chi connectivity index (χ1n) is 7.94. The van der Waals surface area contributed by atoms with Gasteiger partial charge in [-0.2, -0.15) is 0 Å². The molecule has 0 spiro atoms. The van der Waals surface area contributed by atoms with Gasteiger partial charge in [-0.3, -0.25) is 9.59 Å². The van der Waals surface area contributed by atoms with Gasteiger partial charge in [-0.15, -0.1) is 0 Å². The van der Waals surface area contributed by atoms with E-state index in [1.54, 1.807) is 31.2 Å². The topological polar surface area (TPSA) is 66.4 Å². The summed E-state index contributed by atoms with van der Waals surface area (Å²) in [4.78, 5) is 23.9. The van der Waals surface area contributed by atoms with Gasteiger partial charge in [0, 0.05) is 5.69 Å². The van der Waals surface area contributed by atoms with E-state index in [1.165, 1.54) is 0 Å². The molecule has 0 aliphatic heterocycles. The summed E-state index contributed by atoms with van der Waals surface area (Å²) < 4.78 is 0. The maximum atomic E-state index is 12.8. The second-order valence-electron chi connectivity index (χ2n) is 6.58. The SMILES string of the molecule is Cc1ccccc1C(C)(C)C(=O)Nc1cccc(C(C)C(=O)O)c1. The van der Waals surface area contributed by atoms with E-state index in [9.17, 15) is 9.59 Å². The van der Waals surface area contributed by atoms with Gasteiger partial charge in [-0.05, 0) is 56.5 Å². The molecule has 0 aliphatic carbocycles. The van der Waals surface area contributed by atoms with Crippen LogP contribution in [0.3, 0.4) is 0 Å². The highest BCUT2D eigenvalue weighted by Gasteiger charge is 2.31. The Kier molecular flexibility index (Phi) is 5.07. The van der Waals surface area contributed by atoms with E-state index in [2.05, 4.69) is 5.32 Å². The lowest BCUT2D eigenvalue weighted by Gasteiger charge is -2.26. The first-order chi connectivity index (χ1) is 11.2. The number of rotatable bonds is 5. The number of hydrogen-bond acceptors (Lipinski definition) is 2. The molecule has 0 radical (unpaired) electrons. The van der Waals surface area contributed by atoms with Crippen molar-refractivity contribution < 1.29 is 14.7 Å². The number of benzene rings is 2. The Hall–Kier alpha value is -2.62. The van der Waals surface area contributed by atoms with Crippen LogP contribution in [-0.2, 0) is 15.0 Å². The molecule has 0 saturated carbocycles. The van der Waals surface area contributed by atoms with Gasteiger partial charge in [-0.25, -0.2) is 0 Å². The van der Waals surface area contributed by atoms with Crippen molar-refractivity contribution in [2.24, 2.45) is 0 Å². The van der Waals surface area contributed by atoms with Gasteiger partial charge in [0.25, 0.3) is 0 Å². The fourth-order valence-electron chi connectivity index (χ4n) is 2.71. The van der Waals surface area contributed by atoms with Crippen LogP contribution in [0.25, 0.3) is 0 Å². The standard InChI is InChI=1S/C20H23NO3/c1-13-8-5-6-11-17(13)20(3,4)19(24)21-16-10-7-9-15(12-16)14(2)18(22)23/h5-12,14H,1-4H3,(H,21,24)(H,22,23). The maximum Gasteiger partial charge on any atom is 0.310 e. The van der Waals surface area contributed by atoms with Crippen LogP contribution in [0, 0.1) is 6.92 Å². The highest BCUT2D eigenvalue weighted by atomic mass is 16.4. The van der Waals surface area contributed by atoms with Crippen LogP contribution in [-0.4, -0.2) is 17.0 Å². The molecule has 126 valence electrons. The third-order valence-electron chi connectivity index (χ3n) is 4.40. The summed E-state index contributed by atoms with van der Waals surface area (Å²) in [5.74, 6) is -1.64. The molecule has 0 heterocycles. The molecule has 1 atom stereocenters. The molecule has 0 aromatic heterocycles. The third kappa shape index (κ3) is 3.65. The lowest BCUT2D eigenvalue weighted by Crippen LogP contribution is -2.35. The number of carboxylic acids is 1. The number of hydrogen-bond donors (Lipinski definition) is 2. The average molecular weight is 325 g/mol. The van der Waals surface area contributed by atoms with Gasteiger partial charge in [0.15, 0.2) is 0 Å². The molecule has 0 aliphatic rings. The number of amides is 1. The summed E-state index contributed by atoms with van der Waals surface area (Å²) >= 11 is 0. The molecule has 2 N–H and O–H groups in total. The summed E-state index contributed by atoms with van der Waals surface area (Å²) in [6, 6.07) is 14.8. The number of carbonyl (C=O) groups is 2. The normalized spacial score (nSPS) is 12.5. The van der Waals surface area contributed by atoms with Gasteiger partial charge < -0.3 is 10.4 Å². The minimum Gasteiger partial charge on any atom is -0.481 e. The Balaban J connectivity index is 2.25. The van der Waals surface area contributed by atoms with Crippen molar-refractivity contribution in [3.63, 3.8) is 0 Å². The second kappa shape index (κ2) is 6.87. The molecule has 4 heteroatoms. The summed E-state index contributed by atoms with van der Waals surface area (Å²) in [6.07, 6.45) is 0. The van der Waals surface area contributed by atoms with E-state index in [0.717, 1.165) is 11.1 Å². The zero-order valence-corrected chi connectivity index (χ0v) is 14.5. The summed E-state index contributed by atoms with van der Waals surface area (Å²) in [6.45, 7) is 7.38. The molecule has 0 saturated heterocycles. The quantitative estimate of drug-likeness (QED) is 0.870. The molecule has 0 fully saturated rings.